The number of para-hydroxylation sites is 1. The van der Waals surface area contributed by atoms with Gasteiger partial charge < -0.3 is 15.0 Å². The van der Waals surface area contributed by atoms with Crippen molar-refractivity contribution >= 4 is 17.6 Å². The average molecular weight is 388 g/mol. The molecule has 5 rings (SSSR count). The van der Waals surface area contributed by atoms with Crippen molar-refractivity contribution in [2.24, 2.45) is 4.99 Å². The number of nitrogens with zero attached hydrogens (tertiary/aromatic N) is 3. The Morgan fingerprint density at radius 1 is 1.03 bits per heavy atom. The predicted octanol–water partition coefficient (Wildman–Crippen LogP) is 4.08. The van der Waals surface area contributed by atoms with Gasteiger partial charge in [0.05, 0.1) is 29.9 Å². The zero-order valence-electron chi connectivity index (χ0n) is 15.9. The fourth-order valence-corrected chi connectivity index (χ4v) is 3.87. The smallest absolute Gasteiger partial charge is 0.131 e. The standard InChI is InChI=1S/C23H21FN4O/c24-20-7-2-1-5-18(20)19-6-3-4-16-12-26-15-28(23(16)19)17-8-9-21(27-13-17)22-14-25-10-11-29-22/h1-9,12-13,22,25H,10-11,14-15H2. The van der Waals surface area contributed by atoms with Gasteiger partial charge >= 0.3 is 0 Å². The Bertz CT molecular complexity index is 1040. The molecule has 2 aliphatic heterocycles. The minimum Gasteiger partial charge on any atom is -0.369 e. The summed E-state index contributed by atoms with van der Waals surface area (Å²) < 4.78 is 20.3. The van der Waals surface area contributed by atoms with Gasteiger partial charge in [0.15, 0.2) is 0 Å². The number of anilines is 2. The quantitative estimate of drug-likeness (QED) is 0.735. The molecule has 29 heavy (non-hydrogen) atoms. The van der Waals surface area contributed by atoms with Gasteiger partial charge in [-0.1, -0.05) is 36.4 Å². The van der Waals surface area contributed by atoms with Crippen LogP contribution in [0.4, 0.5) is 15.8 Å². The second kappa shape index (κ2) is 7.73. The van der Waals surface area contributed by atoms with Gasteiger partial charge in [-0.05, 0) is 18.2 Å². The Balaban J connectivity index is 1.54. The maximum atomic E-state index is 14.5. The highest BCUT2D eigenvalue weighted by atomic mass is 19.1. The van der Waals surface area contributed by atoms with E-state index >= 15 is 0 Å². The largest absolute Gasteiger partial charge is 0.369 e. The van der Waals surface area contributed by atoms with Gasteiger partial charge in [0.2, 0.25) is 0 Å². The predicted molar refractivity (Wildman–Crippen MR) is 112 cm³/mol. The summed E-state index contributed by atoms with van der Waals surface area (Å²) in [7, 11) is 0. The topological polar surface area (TPSA) is 49.8 Å². The van der Waals surface area contributed by atoms with Gasteiger partial charge in [0, 0.05) is 36.0 Å². The Morgan fingerprint density at radius 2 is 1.93 bits per heavy atom. The van der Waals surface area contributed by atoms with Gasteiger partial charge in [-0.25, -0.2) is 4.39 Å². The number of nitrogens with one attached hydrogen (secondary N) is 1. The van der Waals surface area contributed by atoms with Crippen LogP contribution in [0, 0.1) is 5.82 Å². The van der Waals surface area contributed by atoms with Crippen molar-refractivity contribution in [1.29, 1.82) is 0 Å². The molecule has 1 fully saturated rings. The van der Waals surface area contributed by atoms with Crippen molar-refractivity contribution in [2.75, 3.05) is 31.3 Å². The van der Waals surface area contributed by atoms with Crippen LogP contribution in [-0.4, -0.2) is 37.6 Å². The Kier molecular flexibility index (Phi) is 4.79. The summed E-state index contributed by atoms with van der Waals surface area (Å²) in [6.07, 6.45) is 3.66. The van der Waals surface area contributed by atoms with E-state index in [9.17, 15) is 4.39 Å². The van der Waals surface area contributed by atoms with Crippen molar-refractivity contribution in [2.45, 2.75) is 6.10 Å². The van der Waals surface area contributed by atoms with Gasteiger partial charge in [-0.2, -0.15) is 0 Å². The second-order valence-corrected chi connectivity index (χ2v) is 7.11. The van der Waals surface area contributed by atoms with Crippen LogP contribution in [0.15, 0.2) is 65.8 Å². The molecule has 0 aliphatic carbocycles. The Labute approximate surface area is 168 Å². The van der Waals surface area contributed by atoms with E-state index in [0.717, 1.165) is 41.3 Å². The fraction of sp³-hybridized carbons (Fsp3) is 0.217. The normalized spacial score (nSPS) is 18.5. The van der Waals surface area contributed by atoms with E-state index in [-0.39, 0.29) is 11.9 Å². The molecule has 1 aromatic heterocycles. The first-order valence-electron chi connectivity index (χ1n) is 9.75. The molecule has 0 amide bonds. The van der Waals surface area contributed by atoms with Crippen LogP contribution in [0.2, 0.25) is 0 Å². The number of morpholine rings is 1. The third-order valence-electron chi connectivity index (χ3n) is 5.29. The number of pyridine rings is 1. The van der Waals surface area contributed by atoms with E-state index < -0.39 is 0 Å². The molecule has 5 nitrogen and oxygen atoms in total. The molecule has 3 heterocycles. The molecule has 1 atom stereocenters. The first-order valence-corrected chi connectivity index (χ1v) is 9.75. The van der Waals surface area contributed by atoms with Crippen molar-refractivity contribution in [3.63, 3.8) is 0 Å². The summed E-state index contributed by atoms with van der Waals surface area (Å²) in [6.45, 7) is 2.78. The van der Waals surface area contributed by atoms with E-state index in [4.69, 9.17) is 4.74 Å². The van der Waals surface area contributed by atoms with Gasteiger partial charge in [0.25, 0.3) is 0 Å². The minimum absolute atomic E-state index is 0.0292. The molecule has 0 radical (unpaired) electrons. The fourth-order valence-electron chi connectivity index (χ4n) is 3.87. The summed E-state index contributed by atoms with van der Waals surface area (Å²) in [5.74, 6) is -0.237. The molecule has 1 N–H and O–H groups in total. The highest BCUT2D eigenvalue weighted by Gasteiger charge is 2.23. The summed E-state index contributed by atoms with van der Waals surface area (Å²) in [5, 5.41) is 3.33. The summed E-state index contributed by atoms with van der Waals surface area (Å²) in [6, 6.07) is 16.8. The molecule has 1 unspecified atom stereocenters. The summed E-state index contributed by atoms with van der Waals surface area (Å²) in [4.78, 5) is 11.2. The van der Waals surface area contributed by atoms with Crippen LogP contribution in [0.25, 0.3) is 11.1 Å². The number of rotatable bonds is 3. The number of benzene rings is 2. The number of hydrogen-bond acceptors (Lipinski definition) is 5. The van der Waals surface area contributed by atoms with Crippen LogP contribution in [0.3, 0.4) is 0 Å². The lowest BCUT2D eigenvalue weighted by Gasteiger charge is -2.30. The lowest BCUT2D eigenvalue weighted by molar-refractivity contribution is 0.0250. The molecule has 2 aromatic carbocycles. The third-order valence-corrected chi connectivity index (χ3v) is 5.29. The number of fused-ring (bicyclic) bond motifs is 1. The van der Waals surface area contributed by atoms with E-state index in [1.807, 2.05) is 54.9 Å². The molecular formula is C23H21FN4O. The van der Waals surface area contributed by atoms with Crippen LogP contribution < -0.4 is 10.2 Å². The van der Waals surface area contributed by atoms with Crippen LogP contribution in [0.5, 0.6) is 0 Å². The molecule has 0 spiro atoms. The molecule has 3 aromatic rings. The Morgan fingerprint density at radius 3 is 2.72 bits per heavy atom. The van der Waals surface area contributed by atoms with Crippen LogP contribution in [0.1, 0.15) is 17.4 Å². The van der Waals surface area contributed by atoms with E-state index in [2.05, 4.69) is 20.2 Å². The summed E-state index contributed by atoms with van der Waals surface area (Å²) >= 11 is 0. The number of ether oxygens (including phenoxy) is 1. The Hall–Kier alpha value is -3.09. The maximum absolute atomic E-state index is 14.5. The van der Waals surface area contributed by atoms with Crippen molar-refractivity contribution in [3.8, 4) is 11.1 Å². The van der Waals surface area contributed by atoms with Crippen molar-refractivity contribution in [1.82, 2.24) is 10.3 Å². The van der Waals surface area contributed by atoms with Gasteiger partial charge in [-0.3, -0.25) is 9.98 Å². The molecule has 0 bridgehead atoms. The second-order valence-electron chi connectivity index (χ2n) is 7.11. The molecule has 2 aliphatic rings. The minimum atomic E-state index is -0.237. The van der Waals surface area contributed by atoms with E-state index in [1.165, 1.54) is 6.07 Å². The monoisotopic (exact) mass is 388 g/mol. The highest BCUT2D eigenvalue weighted by molar-refractivity contribution is 5.98. The van der Waals surface area contributed by atoms with E-state index in [0.29, 0.717) is 18.8 Å². The van der Waals surface area contributed by atoms with Crippen molar-refractivity contribution < 1.29 is 9.13 Å². The molecular weight excluding hydrogens is 367 g/mol. The molecule has 0 saturated carbocycles. The third kappa shape index (κ3) is 3.41. The molecule has 6 heteroatoms. The van der Waals surface area contributed by atoms with Gasteiger partial charge in [-0.15, -0.1) is 0 Å². The molecule has 146 valence electrons. The summed E-state index contributed by atoms with van der Waals surface area (Å²) in [5.41, 5.74) is 5.15. The number of hydrogen-bond donors (Lipinski definition) is 1. The number of aliphatic imine (C=N–C) groups is 1. The highest BCUT2D eigenvalue weighted by Crippen LogP contribution is 2.39. The SMILES string of the molecule is Fc1ccccc1-c1cccc2c1N(c1ccc(C3CNCCO3)nc1)CN=C2. The first-order chi connectivity index (χ1) is 14.3. The average Bonchev–Trinajstić information content (AvgIpc) is 2.79. The number of aromatic nitrogens is 1. The first kappa shape index (κ1) is 18.0. The van der Waals surface area contributed by atoms with Crippen LogP contribution in [-0.2, 0) is 4.74 Å². The maximum Gasteiger partial charge on any atom is 0.131 e. The lowest BCUT2D eigenvalue weighted by atomic mass is 9.98. The van der Waals surface area contributed by atoms with Crippen molar-refractivity contribution in [3.05, 3.63) is 77.9 Å². The van der Waals surface area contributed by atoms with Gasteiger partial charge in [0.1, 0.15) is 18.6 Å². The zero-order valence-corrected chi connectivity index (χ0v) is 15.9. The lowest BCUT2D eigenvalue weighted by Crippen LogP contribution is -2.33. The zero-order chi connectivity index (χ0) is 19.6. The van der Waals surface area contributed by atoms with Crippen LogP contribution >= 0.6 is 0 Å². The number of halogens is 1. The van der Waals surface area contributed by atoms with E-state index in [1.54, 1.807) is 6.07 Å². The molecule has 1 saturated heterocycles.